The first-order chi connectivity index (χ1) is 11.9. The predicted octanol–water partition coefficient (Wildman–Crippen LogP) is 2.17. The highest BCUT2D eigenvalue weighted by molar-refractivity contribution is 6.04. The molecule has 2 aliphatic rings. The molecule has 0 bridgehead atoms. The number of benzene rings is 1. The van der Waals surface area contributed by atoms with Crippen LogP contribution in [0.2, 0.25) is 0 Å². The minimum absolute atomic E-state index is 0.0900. The van der Waals surface area contributed by atoms with Gasteiger partial charge >= 0.3 is 5.97 Å². The molecule has 1 unspecified atom stereocenters. The summed E-state index contributed by atoms with van der Waals surface area (Å²) >= 11 is 0. The van der Waals surface area contributed by atoms with Crippen LogP contribution in [0.5, 0.6) is 5.75 Å². The molecule has 3 N–H and O–H groups in total. The number of carboxylic acid groups (broad SMARTS) is 1. The average Bonchev–Trinajstić information content (AvgIpc) is 2.61. The van der Waals surface area contributed by atoms with Crippen LogP contribution in [0.1, 0.15) is 49.4 Å². The third-order valence-electron chi connectivity index (χ3n) is 5.03. The third kappa shape index (κ3) is 3.31. The van der Waals surface area contributed by atoms with Crippen LogP contribution >= 0.6 is 0 Å². The lowest BCUT2D eigenvalue weighted by molar-refractivity contribution is -0.150. The number of carboxylic acids is 1. The summed E-state index contributed by atoms with van der Waals surface area (Å²) in [5.41, 5.74) is -0.160. The molecule has 1 atom stereocenters. The minimum Gasteiger partial charge on any atom is -0.481 e. The minimum atomic E-state index is -0.898. The predicted molar refractivity (Wildman–Crippen MR) is 90.6 cm³/mol. The zero-order valence-electron chi connectivity index (χ0n) is 14.1. The number of amides is 2. The van der Waals surface area contributed by atoms with Crippen molar-refractivity contribution < 1.29 is 24.2 Å². The van der Waals surface area contributed by atoms with Crippen LogP contribution < -0.4 is 15.4 Å². The summed E-state index contributed by atoms with van der Waals surface area (Å²) in [6, 6.07) is 4.92. The molecule has 0 spiro atoms. The Morgan fingerprint density at radius 1 is 1.32 bits per heavy atom. The molecule has 0 radical (unpaired) electrons. The number of anilines is 1. The molecule has 1 aromatic carbocycles. The number of aliphatic carboxylic acids is 1. The van der Waals surface area contributed by atoms with E-state index < -0.39 is 23.4 Å². The highest BCUT2D eigenvalue weighted by Gasteiger charge is 2.40. The summed E-state index contributed by atoms with van der Waals surface area (Å²) in [5, 5.41) is 15.1. The van der Waals surface area contributed by atoms with Gasteiger partial charge in [-0.25, -0.2) is 0 Å². The molecule has 0 aromatic heterocycles. The molecule has 2 amide bonds. The van der Waals surface area contributed by atoms with Crippen LogP contribution in [0, 0.1) is 5.41 Å². The van der Waals surface area contributed by atoms with Crippen molar-refractivity contribution in [3.05, 3.63) is 23.8 Å². The number of carbonyl (C=O) groups is 3. The van der Waals surface area contributed by atoms with Crippen LogP contribution in [0.15, 0.2) is 18.2 Å². The molecular weight excluding hydrogens is 324 g/mol. The van der Waals surface area contributed by atoms with Crippen molar-refractivity contribution in [2.75, 3.05) is 11.9 Å². The Kier molecular flexibility index (Phi) is 4.65. The number of fused-ring (bicyclic) bond motifs is 1. The number of carbonyl (C=O) groups excluding carboxylic acids is 2. The van der Waals surface area contributed by atoms with Crippen LogP contribution in [-0.4, -0.2) is 35.5 Å². The molecule has 1 aliphatic heterocycles. The van der Waals surface area contributed by atoms with Gasteiger partial charge in [-0.05, 0) is 31.9 Å². The molecule has 1 saturated carbocycles. The Hall–Kier alpha value is -2.57. The fourth-order valence-electron chi connectivity index (χ4n) is 3.45. The molecule has 134 valence electrons. The second-order valence-electron chi connectivity index (χ2n) is 6.76. The Morgan fingerprint density at radius 2 is 2.04 bits per heavy atom. The summed E-state index contributed by atoms with van der Waals surface area (Å²) in [6.07, 6.45) is 3.19. The van der Waals surface area contributed by atoms with E-state index in [-0.39, 0.29) is 12.5 Å². The third-order valence-corrected chi connectivity index (χ3v) is 5.03. The summed E-state index contributed by atoms with van der Waals surface area (Å²) in [4.78, 5) is 36.0. The van der Waals surface area contributed by atoms with Crippen LogP contribution in [-0.2, 0) is 9.59 Å². The highest BCUT2D eigenvalue weighted by atomic mass is 16.5. The molecule has 1 aliphatic carbocycles. The first kappa shape index (κ1) is 17.3. The van der Waals surface area contributed by atoms with E-state index in [0.717, 1.165) is 19.3 Å². The fourth-order valence-corrected chi connectivity index (χ4v) is 3.45. The van der Waals surface area contributed by atoms with Crippen molar-refractivity contribution in [1.29, 1.82) is 0 Å². The molecular formula is C18H22N2O5. The molecule has 1 aromatic rings. The number of nitrogens with one attached hydrogen (secondary N) is 2. The second-order valence-corrected chi connectivity index (χ2v) is 6.76. The van der Waals surface area contributed by atoms with E-state index in [1.165, 1.54) is 0 Å². The Bertz CT molecular complexity index is 709. The first-order valence-electron chi connectivity index (χ1n) is 8.55. The van der Waals surface area contributed by atoms with Crippen molar-refractivity contribution in [1.82, 2.24) is 5.32 Å². The highest BCUT2D eigenvalue weighted by Crippen LogP contribution is 2.37. The summed E-state index contributed by atoms with van der Waals surface area (Å²) in [7, 11) is 0. The van der Waals surface area contributed by atoms with Gasteiger partial charge in [-0.2, -0.15) is 0 Å². The van der Waals surface area contributed by atoms with Gasteiger partial charge in [0.05, 0.1) is 16.7 Å². The topological polar surface area (TPSA) is 105 Å². The van der Waals surface area contributed by atoms with E-state index in [4.69, 9.17) is 4.74 Å². The largest absolute Gasteiger partial charge is 0.481 e. The van der Waals surface area contributed by atoms with Gasteiger partial charge < -0.3 is 20.5 Å². The van der Waals surface area contributed by atoms with Gasteiger partial charge in [-0.3, -0.25) is 14.4 Å². The summed E-state index contributed by atoms with van der Waals surface area (Å²) in [6.45, 7) is 1.70. The van der Waals surface area contributed by atoms with Crippen molar-refractivity contribution in [2.24, 2.45) is 5.41 Å². The number of hydrogen-bond donors (Lipinski definition) is 3. The van der Waals surface area contributed by atoms with E-state index in [1.54, 1.807) is 25.1 Å². The van der Waals surface area contributed by atoms with E-state index in [0.29, 0.717) is 29.8 Å². The Labute approximate surface area is 145 Å². The maximum absolute atomic E-state index is 12.6. The van der Waals surface area contributed by atoms with E-state index in [1.807, 2.05) is 0 Å². The monoisotopic (exact) mass is 346 g/mol. The molecule has 3 rings (SSSR count). The fraction of sp³-hybridized carbons (Fsp3) is 0.500. The average molecular weight is 346 g/mol. The van der Waals surface area contributed by atoms with Crippen LogP contribution in [0.25, 0.3) is 0 Å². The zero-order valence-corrected chi connectivity index (χ0v) is 14.1. The number of ether oxygens (including phenoxy) is 1. The van der Waals surface area contributed by atoms with Crippen molar-refractivity contribution in [3.63, 3.8) is 0 Å². The molecule has 7 nitrogen and oxygen atoms in total. The van der Waals surface area contributed by atoms with Crippen molar-refractivity contribution in [2.45, 2.75) is 45.1 Å². The van der Waals surface area contributed by atoms with Gasteiger partial charge in [0.2, 0.25) is 0 Å². The van der Waals surface area contributed by atoms with Crippen LogP contribution in [0.3, 0.4) is 0 Å². The first-order valence-corrected chi connectivity index (χ1v) is 8.55. The van der Waals surface area contributed by atoms with Gasteiger partial charge in [0, 0.05) is 6.54 Å². The number of rotatable bonds is 4. The Balaban J connectivity index is 1.77. The normalized spacial score (nSPS) is 21.5. The van der Waals surface area contributed by atoms with Crippen molar-refractivity contribution >= 4 is 23.5 Å². The standard InChI is InChI=1S/C18H22N2O5/c1-11-15(21)20-13-7-5-6-12(14(13)25-11)16(22)19-10-18(17(23)24)8-3-2-4-9-18/h5-7,11H,2-4,8-10H2,1H3,(H,19,22)(H,20,21)(H,23,24). The second kappa shape index (κ2) is 6.74. The van der Waals surface area contributed by atoms with E-state index in [9.17, 15) is 19.5 Å². The quantitative estimate of drug-likeness (QED) is 0.775. The summed E-state index contributed by atoms with van der Waals surface area (Å²) < 4.78 is 5.57. The molecule has 25 heavy (non-hydrogen) atoms. The van der Waals surface area contributed by atoms with Gasteiger partial charge in [0.1, 0.15) is 0 Å². The van der Waals surface area contributed by atoms with E-state index >= 15 is 0 Å². The maximum Gasteiger partial charge on any atom is 0.311 e. The van der Waals surface area contributed by atoms with Gasteiger partial charge in [-0.15, -0.1) is 0 Å². The molecule has 7 heteroatoms. The van der Waals surface area contributed by atoms with Crippen LogP contribution in [0.4, 0.5) is 5.69 Å². The zero-order chi connectivity index (χ0) is 18.0. The smallest absolute Gasteiger partial charge is 0.311 e. The molecule has 0 saturated heterocycles. The lowest BCUT2D eigenvalue weighted by atomic mass is 9.74. The number of hydrogen-bond acceptors (Lipinski definition) is 4. The SMILES string of the molecule is CC1Oc2c(cccc2C(=O)NCC2(C(=O)O)CCCCC2)NC1=O. The Morgan fingerprint density at radius 3 is 2.72 bits per heavy atom. The molecule has 1 heterocycles. The van der Waals surface area contributed by atoms with Gasteiger partial charge in [0.25, 0.3) is 11.8 Å². The van der Waals surface area contributed by atoms with Crippen molar-refractivity contribution in [3.8, 4) is 5.75 Å². The lowest BCUT2D eigenvalue weighted by Gasteiger charge is -2.33. The van der Waals surface area contributed by atoms with Gasteiger partial charge in [0.15, 0.2) is 11.9 Å². The lowest BCUT2D eigenvalue weighted by Crippen LogP contribution is -2.44. The molecule has 1 fully saturated rings. The maximum atomic E-state index is 12.6. The summed E-state index contributed by atoms with van der Waals surface area (Å²) in [5.74, 6) is -1.21. The van der Waals surface area contributed by atoms with E-state index in [2.05, 4.69) is 10.6 Å². The number of para-hydroxylation sites is 1. The van der Waals surface area contributed by atoms with Gasteiger partial charge in [-0.1, -0.05) is 25.3 Å².